The molecule has 3 N–H and O–H groups in total. The summed E-state index contributed by atoms with van der Waals surface area (Å²) in [6, 6.07) is 2.14. The van der Waals surface area contributed by atoms with E-state index in [9.17, 15) is 9.59 Å². The molecule has 2 atom stereocenters. The Morgan fingerprint density at radius 3 is 2.68 bits per heavy atom. The van der Waals surface area contributed by atoms with Crippen molar-refractivity contribution in [1.82, 2.24) is 15.4 Å². The van der Waals surface area contributed by atoms with Crippen LogP contribution in [0.5, 0.6) is 0 Å². The number of nitrogens with one attached hydrogen (secondary N) is 1. The first-order chi connectivity index (χ1) is 12.0. The molecule has 3 aliphatic rings. The molecule has 1 aliphatic heterocycles. The Labute approximate surface area is 147 Å². The van der Waals surface area contributed by atoms with Gasteiger partial charge in [-0.15, -0.1) is 0 Å². The maximum atomic E-state index is 12.5. The van der Waals surface area contributed by atoms with Crippen LogP contribution in [-0.4, -0.2) is 46.5 Å². The minimum atomic E-state index is -0.183. The minimum Gasteiger partial charge on any atom is -0.360 e. The maximum absolute atomic E-state index is 12.5. The van der Waals surface area contributed by atoms with E-state index >= 15 is 0 Å². The largest absolute Gasteiger partial charge is 0.360 e. The van der Waals surface area contributed by atoms with Gasteiger partial charge < -0.3 is 20.5 Å². The molecule has 1 saturated heterocycles. The summed E-state index contributed by atoms with van der Waals surface area (Å²) in [6.07, 6.45) is 5.38. The van der Waals surface area contributed by atoms with Crippen molar-refractivity contribution in [3.8, 4) is 0 Å². The number of carbonyl (C=O) groups excluding carboxylic acids is 2. The lowest BCUT2D eigenvalue weighted by Crippen LogP contribution is -2.55. The van der Waals surface area contributed by atoms with Gasteiger partial charge in [0.15, 0.2) is 5.69 Å². The average Bonchev–Trinajstić information content (AvgIpc) is 3.28. The maximum Gasteiger partial charge on any atom is 0.273 e. The molecule has 0 spiro atoms. The number of amides is 2. The highest BCUT2D eigenvalue weighted by Crippen LogP contribution is 2.40. The van der Waals surface area contributed by atoms with Crippen LogP contribution in [0.15, 0.2) is 10.6 Å². The van der Waals surface area contributed by atoms with Gasteiger partial charge >= 0.3 is 0 Å². The van der Waals surface area contributed by atoms with Crippen molar-refractivity contribution in [3.63, 3.8) is 0 Å². The molecule has 0 aromatic carbocycles. The van der Waals surface area contributed by atoms with E-state index in [1.54, 1.807) is 6.07 Å². The fourth-order valence-electron chi connectivity index (χ4n) is 3.94. The van der Waals surface area contributed by atoms with Crippen molar-refractivity contribution in [2.24, 2.45) is 11.7 Å². The summed E-state index contributed by atoms with van der Waals surface area (Å²) < 4.78 is 5.25. The molecule has 2 saturated carbocycles. The summed E-state index contributed by atoms with van der Waals surface area (Å²) in [7, 11) is 0. The van der Waals surface area contributed by atoms with Gasteiger partial charge in [-0.2, -0.15) is 0 Å². The van der Waals surface area contributed by atoms with Crippen molar-refractivity contribution in [1.29, 1.82) is 0 Å². The number of hydrogen-bond acceptors (Lipinski definition) is 5. The van der Waals surface area contributed by atoms with Crippen LogP contribution in [0.4, 0.5) is 0 Å². The first-order valence-corrected chi connectivity index (χ1v) is 9.34. The van der Waals surface area contributed by atoms with Gasteiger partial charge in [-0.3, -0.25) is 9.59 Å². The van der Waals surface area contributed by atoms with E-state index < -0.39 is 0 Å². The summed E-state index contributed by atoms with van der Waals surface area (Å²) in [4.78, 5) is 26.8. The van der Waals surface area contributed by atoms with E-state index in [4.69, 9.17) is 10.3 Å². The fourth-order valence-corrected chi connectivity index (χ4v) is 3.94. The van der Waals surface area contributed by atoms with Crippen molar-refractivity contribution in [3.05, 3.63) is 17.5 Å². The minimum absolute atomic E-state index is 0.0660. The van der Waals surface area contributed by atoms with Gasteiger partial charge in [0.05, 0.1) is 0 Å². The Kier molecular flexibility index (Phi) is 4.27. The molecule has 1 aromatic rings. The number of aromatic nitrogens is 1. The molecule has 136 valence electrons. The molecule has 25 heavy (non-hydrogen) atoms. The second-order valence-corrected chi connectivity index (χ2v) is 7.89. The third-order valence-electron chi connectivity index (χ3n) is 5.76. The number of piperidine rings is 1. The standard InChI is InChI=1S/C18H26N4O3/c1-10-6-14(4-5-22(10)18(24)12-7-13(19)8-12)20-17(23)15-9-16(25-21-15)11-2-3-11/h9-14H,2-8,19H2,1H3,(H,20,23)/t10-,12?,13?,14?/m1/s1. The Morgan fingerprint density at radius 1 is 1.28 bits per heavy atom. The van der Waals surface area contributed by atoms with Crippen LogP contribution in [0.2, 0.25) is 0 Å². The van der Waals surface area contributed by atoms with Gasteiger partial charge in [0.25, 0.3) is 5.91 Å². The summed E-state index contributed by atoms with van der Waals surface area (Å²) in [5, 5.41) is 6.93. The SMILES string of the molecule is C[C@@H]1CC(NC(=O)c2cc(C3CC3)on2)CCN1C(=O)C1CC(N)C1. The summed E-state index contributed by atoms with van der Waals surface area (Å²) in [5.74, 6) is 1.40. The highest BCUT2D eigenvalue weighted by atomic mass is 16.5. The molecule has 2 aliphatic carbocycles. The zero-order chi connectivity index (χ0) is 17.6. The fraction of sp³-hybridized carbons (Fsp3) is 0.722. The lowest BCUT2D eigenvalue weighted by atomic mass is 9.79. The third-order valence-corrected chi connectivity index (χ3v) is 5.76. The van der Waals surface area contributed by atoms with E-state index in [2.05, 4.69) is 17.4 Å². The first kappa shape index (κ1) is 16.6. The van der Waals surface area contributed by atoms with Gasteiger partial charge in [0, 0.05) is 42.6 Å². The Bertz CT molecular complexity index is 663. The van der Waals surface area contributed by atoms with Crippen molar-refractivity contribution < 1.29 is 14.1 Å². The summed E-state index contributed by atoms with van der Waals surface area (Å²) in [6.45, 7) is 2.74. The molecule has 1 aromatic heterocycles. The second-order valence-electron chi connectivity index (χ2n) is 7.89. The van der Waals surface area contributed by atoms with Gasteiger partial charge in [-0.1, -0.05) is 5.16 Å². The first-order valence-electron chi connectivity index (χ1n) is 9.34. The predicted molar refractivity (Wildman–Crippen MR) is 90.8 cm³/mol. The number of hydrogen-bond donors (Lipinski definition) is 2. The van der Waals surface area contributed by atoms with Crippen LogP contribution in [0.25, 0.3) is 0 Å². The number of rotatable bonds is 4. The summed E-state index contributed by atoms with van der Waals surface area (Å²) in [5.41, 5.74) is 6.15. The van der Waals surface area contributed by atoms with Crippen molar-refractivity contribution >= 4 is 11.8 Å². The zero-order valence-corrected chi connectivity index (χ0v) is 14.6. The Balaban J connectivity index is 1.29. The number of nitrogens with two attached hydrogens (primary N) is 1. The quantitative estimate of drug-likeness (QED) is 0.858. The molecule has 4 rings (SSSR count). The van der Waals surface area contributed by atoms with Crippen molar-refractivity contribution in [2.45, 2.75) is 69.5 Å². The van der Waals surface area contributed by atoms with Crippen LogP contribution < -0.4 is 11.1 Å². The normalized spacial score (nSPS) is 32.2. The predicted octanol–water partition coefficient (Wildman–Crippen LogP) is 1.40. The van der Waals surface area contributed by atoms with Gasteiger partial charge in [0.2, 0.25) is 5.91 Å². The molecule has 7 nitrogen and oxygen atoms in total. The van der Waals surface area contributed by atoms with Crippen LogP contribution in [-0.2, 0) is 4.79 Å². The molecular formula is C18H26N4O3. The second kappa shape index (κ2) is 6.44. The Hall–Kier alpha value is -1.89. The molecule has 2 amide bonds. The number of likely N-dealkylation sites (tertiary alicyclic amines) is 1. The van der Waals surface area contributed by atoms with Crippen molar-refractivity contribution in [2.75, 3.05) is 6.54 Å². The zero-order valence-electron chi connectivity index (χ0n) is 14.6. The van der Waals surface area contributed by atoms with Crippen LogP contribution in [0.1, 0.15) is 67.6 Å². The molecule has 0 radical (unpaired) electrons. The molecule has 0 bridgehead atoms. The van der Waals surface area contributed by atoms with E-state index in [0.29, 0.717) is 18.2 Å². The van der Waals surface area contributed by atoms with E-state index in [-0.39, 0.29) is 35.9 Å². The molecule has 2 heterocycles. The van der Waals surface area contributed by atoms with E-state index in [1.807, 2.05) is 4.90 Å². The lowest BCUT2D eigenvalue weighted by Gasteiger charge is -2.42. The molecule has 3 fully saturated rings. The average molecular weight is 346 g/mol. The van der Waals surface area contributed by atoms with Gasteiger partial charge in [-0.25, -0.2) is 0 Å². The summed E-state index contributed by atoms with van der Waals surface area (Å²) >= 11 is 0. The highest BCUT2D eigenvalue weighted by Gasteiger charge is 2.38. The van der Waals surface area contributed by atoms with Gasteiger partial charge in [-0.05, 0) is 45.4 Å². The van der Waals surface area contributed by atoms with Crippen LogP contribution in [0.3, 0.4) is 0 Å². The van der Waals surface area contributed by atoms with E-state index in [0.717, 1.165) is 44.3 Å². The monoisotopic (exact) mass is 346 g/mol. The lowest BCUT2D eigenvalue weighted by molar-refractivity contribution is -0.142. The highest BCUT2D eigenvalue weighted by molar-refractivity contribution is 5.92. The molecule has 7 heteroatoms. The van der Waals surface area contributed by atoms with E-state index in [1.165, 1.54) is 0 Å². The smallest absolute Gasteiger partial charge is 0.273 e. The third kappa shape index (κ3) is 3.42. The molecule has 1 unspecified atom stereocenters. The van der Waals surface area contributed by atoms with Crippen LogP contribution >= 0.6 is 0 Å². The number of nitrogens with zero attached hydrogens (tertiary/aromatic N) is 2. The van der Waals surface area contributed by atoms with Gasteiger partial charge in [0.1, 0.15) is 5.76 Å². The molecular weight excluding hydrogens is 320 g/mol. The van der Waals surface area contributed by atoms with Crippen LogP contribution in [0, 0.1) is 5.92 Å². The Morgan fingerprint density at radius 2 is 2.04 bits per heavy atom. The number of carbonyl (C=O) groups is 2. The topological polar surface area (TPSA) is 101 Å².